The molecule has 0 aliphatic rings. The number of rotatable bonds is 5. The number of amides is 1. The molecule has 0 saturated heterocycles. The number of nitrogens with zero attached hydrogens (tertiary/aromatic N) is 1. The summed E-state index contributed by atoms with van der Waals surface area (Å²) in [6.07, 6.45) is -3.57. The molecule has 0 saturated carbocycles. The van der Waals surface area contributed by atoms with Gasteiger partial charge in [0.05, 0.1) is 5.56 Å². The minimum atomic E-state index is -4.41. The van der Waals surface area contributed by atoms with Gasteiger partial charge in [-0.1, -0.05) is 48.5 Å². The second kappa shape index (κ2) is 7.31. The number of carbonyl (C=O) groups excluding carboxylic acids is 1. The van der Waals surface area contributed by atoms with E-state index in [-0.39, 0.29) is 24.4 Å². The van der Waals surface area contributed by atoms with Crippen LogP contribution in [0.5, 0.6) is 0 Å². The molecular weight excluding hydrogens is 303 g/mol. The molecule has 0 fully saturated rings. The Balaban J connectivity index is 1.99. The Bertz CT molecular complexity index is 653. The second-order valence-corrected chi connectivity index (χ2v) is 5.39. The Labute approximate surface area is 133 Å². The van der Waals surface area contributed by atoms with Crippen molar-refractivity contribution in [1.82, 2.24) is 4.90 Å². The van der Waals surface area contributed by atoms with E-state index >= 15 is 0 Å². The number of hydrogen-bond acceptors (Lipinski definition) is 1. The standard InChI is InChI=1S/C18H18F3NO/c1-22(17(23)12-11-14-7-3-2-4-8-14)13-15-9-5-6-10-16(15)18(19,20)21/h2-10H,11-13H2,1H3. The van der Waals surface area contributed by atoms with Crippen molar-refractivity contribution in [1.29, 1.82) is 0 Å². The Hall–Kier alpha value is -2.30. The maximum absolute atomic E-state index is 13.0. The first-order valence-corrected chi connectivity index (χ1v) is 7.31. The molecule has 0 spiro atoms. The Morgan fingerprint density at radius 3 is 2.26 bits per heavy atom. The molecular formula is C18H18F3NO. The molecule has 0 unspecified atom stereocenters. The van der Waals surface area contributed by atoms with Crippen molar-refractivity contribution in [3.8, 4) is 0 Å². The Morgan fingerprint density at radius 2 is 1.61 bits per heavy atom. The smallest absolute Gasteiger partial charge is 0.341 e. The molecule has 2 nitrogen and oxygen atoms in total. The summed E-state index contributed by atoms with van der Waals surface area (Å²) in [4.78, 5) is 13.5. The molecule has 23 heavy (non-hydrogen) atoms. The number of halogens is 3. The van der Waals surface area contributed by atoms with Crippen molar-refractivity contribution in [3.05, 3.63) is 71.3 Å². The molecule has 0 aliphatic heterocycles. The lowest BCUT2D eigenvalue weighted by atomic mass is 10.1. The van der Waals surface area contributed by atoms with Crippen LogP contribution < -0.4 is 0 Å². The highest BCUT2D eigenvalue weighted by Gasteiger charge is 2.33. The topological polar surface area (TPSA) is 20.3 Å². The van der Waals surface area contributed by atoms with Crippen molar-refractivity contribution >= 4 is 5.91 Å². The first-order valence-electron chi connectivity index (χ1n) is 7.31. The molecule has 2 aromatic rings. The van der Waals surface area contributed by atoms with E-state index in [9.17, 15) is 18.0 Å². The average Bonchev–Trinajstić information content (AvgIpc) is 2.53. The van der Waals surface area contributed by atoms with E-state index in [1.54, 1.807) is 6.07 Å². The molecule has 0 radical (unpaired) electrons. The zero-order valence-corrected chi connectivity index (χ0v) is 12.8. The molecule has 0 N–H and O–H groups in total. The van der Waals surface area contributed by atoms with E-state index < -0.39 is 11.7 Å². The van der Waals surface area contributed by atoms with Crippen LogP contribution >= 0.6 is 0 Å². The quantitative estimate of drug-likeness (QED) is 0.804. The molecule has 0 aromatic heterocycles. The number of hydrogen-bond donors (Lipinski definition) is 0. The third-order valence-corrected chi connectivity index (χ3v) is 3.63. The lowest BCUT2D eigenvalue weighted by molar-refractivity contribution is -0.139. The highest BCUT2D eigenvalue weighted by molar-refractivity contribution is 5.76. The number of carbonyl (C=O) groups is 1. The average molecular weight is 321 g/mol. The monoisotopic (exact) mass is 321 g/mol. The van der Waals surface area contributed by atoms with Gasteiger partial charge in [0.25, 0.3) is 0 Å². The normalized spacial score (nSPS) is 11.3. The maximum atomic E-state index is 13.0. The summed E-state index contributed by atoms with van der Waals surface area (Å²) in [5.41, 5.74) is 0.447. The van der Waals surface area contributed by atoms with Gasteiger partial charge in [-0.15, -0.1) is 0 Å². The minimum absolute atomic E-state index is 0.0523. The van der Waals surface area contributed by atoms with Crippen LogP contribution in [0.25, 0.3) is 0 Å². The van der Waals surface area contributed by atoms with Gasteiger partial charge in [-0.25, -0.2) is 0 Å². The van der Waals surface area contributed by atoms with Gasteiger partial charge in [0.1, 0.15) is 0 Å². The molecule has 2 aromatic carbocycles. The summed E-state index contributed by atoms with van der Waals surface area (Å²) in [7, 11) is 1.53. The highest BCUT2D eigenvalue weighted by Crippen LogP contribution is 2.32. The van der Waals surface area contributed by atoms with Gasteiger partial charge >= 0.3 is 6.18 Å². The fraction of sp³-hybridized carbons (Fsp3) is 0.278. The van der Waals surface area contributed by atoms with Crippen LogP contribution in [0.2, 0.25) is 0 Å². The molecule has 0 heterocycles. The van der Waals surface area contributed by atoms with E-state index in [0.717, 1.165) is 11.6 Å². The van der Waals surface area contributed by atoms with Crippen molar-refractivity contribution in [3.63, 3.8) is 0 Å². The fourth-order valence-electron chi connectivity index (χ4n) is 2.37. The van der Waals surface area contributed by atoms with Crippen molar-refractivity contribution < 1.29 is 18.0 Å². The largest absolute Gasteiger partial charge is 0.416 e. The maximum Gasteiger partial charge on any atom is 0.416 e. The van der Waals surface area contributed by atoms with Gasteiger partial charge in [0.15, 0.2) is 0 Å². The molecule has 0 aliphatic carbocycles. The van der Waals surface area contributed by atoms with Crippen LogP contribution in [0, 0.1) is 0 Å². The molecule has 122 valence electrons. The fourth-order valence-corrected chi connectivity index (χ4v) is 2.37. The summed E-state index contributed by atoms with van der Waals surface area (Å²) in [6.45, 7) is -0.0523. The van der Waals surface area contributed by atoms with Crippen LogP contribution in [0.15, 0.2) is 54.6 Å². The summed E-state index contributed by atoms with van der Waals surface area (Å²) in [6, 6.07) is 14.9. The van der Waals surface area contributed by atoms with Gasteiger partial charge in [-0.05, 0) is 23.6 Å². The molecule has 1 amide bonds. The van der Waals surface area contributed by atoms with Gasteiger partial charge < -0.3 is 4.90 Å². The van der Waals surface area contributed by atoms with Crippen LogP contribution in [-0.4, -0.2) is 17.9 Å². The number of alkyl halides is 3. The third-order valence-electron chi connectivity index (χ3n) is 3.63. The minimum Gasteiger partial charge on any atom is -0.341 e. The molecule has 2 rings (SSSR count). The summed E-state index contributed by atoms with van der Waals surface area (Å²) < 4.78 is 38.9. The van der Waals surface area contributed by atoms with Gasteiger partial charge in [-0.3, -0.25) is 4.79 Å². The predicted molar refractivity (Wildman–Crippen MR) is 82.7 cm³/mol. The first-order chi connectivity index (χ1) is 10.9. The first kappa shape index (κ1) is 17.1. The van der Waals surface area contributed by atoms with Crippen LogP contribution in [0.4, 0.5) is 13.2 Å². The zero-order chi connectivity index (χ0) is 16.9. The summed E-state index contributed by atoms with van der Waals surface area (Å²) in [5, 5.41) is 0. The van der Waals surface area contributed by atoms with Gasteiger partial charge in [0.2, 0.25) is 5.91 Å². The predicted octanol–water partition coefficient (Wildman–Crippen LogP) is 4.30. The Kier molecular flexibility index (Phi) is 5.42. The van der Waals surface area contributed by atoms with Gasteiger partial charge in [-0.2, -0.15) is 13.2 Å². The number of benzene rings is 2. The third kappa shape index (κ3) is 4.84. The van der Waals surface area contributed by atoms with E-state index in [2.05, 4.69) is 0 Å². The van der Waals surface area contributed by atoms with Crippen molar-refractivity contribution in [2.45, 2.75) is 25.6 Å². The van der Waals surface area contributed by atoms with Crippen molar-refractivity contribution in [2.75, 3.05) is 7.05 Å². The lowest BCUT2D eigenvalue weighted by Crippen LogP contribution is -2.27. The molecule has 0 bridgehead atoms. The molecule has 0 atom stereocenters. The summed E-state index contributed by atoms with van der Waals surface area (Å²) >= 11 is 0. The van der Waals surface area contributed by atoms with E-state index in [1.165, 1.54) is 24.1 Å². The van der Waals surface area contributed by atoms with E-state index in [0.29, 0.717) is 6.42 Å². The van der Waals surface area contributed by atoms with Crippen LogP contribution in [0.3, 0.4) is 0 Å². The van der Waals surface area contributed by atoms with Crippen molar-refractivity contribution in [2.24, 2.45) is 0 Å². The van der Waals surface area contributed by atoms with Crippen LogP contribution in [0.1, 0.15) is 23.1 Å². The zero-order valence-electron chi connectivity index (χ0n) is 12.8. The summed E-state index contributed by atoms with van der Waals surface area (Å²) in [5.74, 6) is -0.175. The Morgan fingerprint density at radius 1 is 1.00 bits per heavy atom. The highest BCUT2D eigenvalue weighted by atomic mass is 19.4. The number of aryl methyl sites for hydroxylation is 1. The van der Waals surface area contributed by atoms with Crippen LogP contribution in [-0.2, 0) is 23.9 Å². The van der Waals surface area contributed by atoms with E-state index in [1.807, 2.05) is 30.3 Å². The SMILES string of the molecule is CN(Cc1ccccc1C(F)(F)F)C(=O)CCc1ccccc1. The lowest BCUT2D eigenvalue weighted by Gasteiger charge is -2.20. The molecule has 5 heteroatoms. The second-order valence-electron chi connectivity index (χ2n) is 5.39. The van der Waals surface area contributed by atoms with Gasteiger partial charge in [0, 0.05) is 20.0 Å². The van der Waals surface area contributed by atoms with E-state index in [4.69, 9.17) is 0 Å².